The van der Waals surface area contributed by atoms with Gasteiger partial charge in [-0.1, -0.05) is 13.8 Å². The Morgan fingerprint density at radius 3 is 2.32 bits per heavy atom. The highest BCUT2D eigenvalue weighted by Crippen LogP contribution is 2.23. The summed E-state index contributed by atoms with van der Waals surface area (Å²) in [5.41, 5.74) is 1.33. The van der Waals surface area contributed by atoms with Gasteiger partial charge in [-0.2, -0.15) is 5.10 Å². The third-order valence-corrected chi connectivity index (χ3v) is 4.46. The highest BCUT2D eigenvalue weighted by molar-refractivity contribution is 5.92. The van der Waals surface area contributed by atoms with Gasteiger partial charge in [-0.3, -0.25) is 9.48 Å². The summed E-state index contributed by atoms with van der Waals surface area (Å²) in [4.78, 5) is 25.8. The fourth-order valence-corrected chi connectivity index (χ4v) is 3.05. The maximum Gasteiger partial charge on any atom is 0.409 e. The van der Waals surface area contributed by atoms with Gasteiger partial charge in [-0.15, -0.1) is 0 Å². The van der Waals surface area contributed by atoms with Crippen molar-refractivity contribution in [1.29, 1.82) is 0 Å². The molecule has 0 aliphatic carbocycles. The molecular weight excluding hydrogens is 320 g/mol. The topological polar surface area (TPSA) is 76.5 Å². The van der Waals surface area contributed by atoms with Gasteiger partial charge >= 0.3 is 6.09 Å². The number of aromatic nitrogens is 2. The van der Waals surface area contributed by atoms with E-state index in [1.54, 1.807) is 4.90 Å². The summed E-state index contributed by atoms with van der Waals surface area (Å²) in [7, 11) is 1.38. The van der Waals surface area contributed by atoms with Crippen LogP contribution in [0, 0.1) is 0 Å². The van der Waals surface area contributed by atoms with Gasteiger partial charge in [-0.25, -0.2) is 4.79 Å². The number of ether oxygens (including phenoxy) is 1. The van der Waals surface area contributed by atoms with Crippen molar-refractivity contribution in [1.82, 2.24) is 20.0 Å². The maximum atomic E-state index is 12.6. The molecule has 1 aliphatic rings. The number of amides is 2. The lowest BCUT2D eigenvalue weighted by molar-refractivity contribution is 0.0886. The summed E-state index contributed by atoms with van der Waals surface area (Å²) < 4.78 is 6.67. The normalized spacial score (nSPS) is 16.2. The van der Waals surface area contributed by atoms with Gasteiger partial charge < -0.3 is 15.0 Å². The smallest absolute Gasteiger partial charge is 0.409 e. The Hall–Kier alpha value is -2.05. The van der Waals surface area contributed by atoms with E-state index in [9.17, 15) is 9.59 Å². The Balaban J connectivity index is 2.04. The van der Waals surface area contributed by atoms with E-state index in [2.05, 4.69) is 45.0 Å². The van der Waals surface area contributed by atoms with Crippen molar-refractivity contribution in [3.8, 4) is 0 Å². The van der Waals surface area contributed by atoms with Crippen LogP contribution in [0.1, 0.15) is 69.6 Å². The molecule has 1 aromatic heterocycles. The summed E-state index contributed by atoms with van der Waals surface area (Å²) in [6, 6.07) is 1.94. The second-order valence-corrected chi connectivity index (χ2v) is 7.90. The average molecular weight is 350 g/mol. The molecule has 0 atom stereocenters. The molecule has 7 heteroatoms. The molecule has 0 saturated carbocycles. The zero-order valence-electron chi connectivity index (χ0n) is 16.1. The largest absolute Gasteiger partial charge is 0.453 e. The molecule has 1 fully saturated rings. The molecule has 1 aromatic rings. The van der Waals surface area contributed by atoms with Crippen LogP contribution in [0.25, 0.3) is 0 Å². The van der Waals surface area contributed by atoms with Gasteiger partial charge in [0.25, 0.3) is 5.91 Å². The molecular formula is C18H30N4O3. The molecule has 0 radical (unpaired) electrons. The number of carbonyl (C=O) groups excluding carboxylic acids is 2. The molecule has 1 saturated heterocycles. The van der Waals surface area contributed by atoms with Crippen LogP contribution in [-0.2, 0) is 10.3 Å². The molecule has 2 heterocycles. The fraction of sp³-hybridized carbons (Fsp3) is 0.722. The van der Waals surface area contributed by atoms with Crippen LogP contribution in [-0.4, -0.2) is 52.9 Å². The van der Waals surface area contributed by atoms with Gasteiger partial charge in [0.2, 0.25) is 0 Å². The number of likely N-dealkylation sites (tertiary alicyclic amines) is 1. The van der Waals surface area contributed by atoms with E-state index in [-0.39, 0.29) is 29.5 Å². The number of nitrogens with zero attached hydrogens (tertiary/aromatic N) is 3. The fourth-order valence-electron chi connectivity index (χ4n) is 3.05. The van der Waals surface area contributed by atoms with Gasteiger partial charge in [0.1, 0.15) is 5.69 Å². The number of rotatable bonds is 3. The first-order valence-corrected chi connectivity index (χ1v) is 8.87. The molecule has 2 rings (SSSR count). The van der Waals surface area contributed by atoms with E-state index in [0.717, 1.165) is 18.5 Å². The minimum Gasteiger partial charge on any atom is -0.453 e. The standard InChI is InChI=1S/C18H30N4O3/c1-12(2)15-11-14(20-22(15)18(3,4)5)16(23)19-13-7-9-21(10-8-13)17(24)25-6/h11-13H,7-10H2,1-6H3,(H,19,23). The monoisotopic (exact) mass is 350 g/mol. The van der Waals surface area contributed by atoms with Crippen LogP contribution in [0.15, 0.2) is 6.07 Å². The van der Waals surface area contributed by atoms with Crippen LogP contribution in [0.3, 0.4) is 0 Å². The van der Waals surface area contributed by atoms with Crippen molar-refractivity contribution in [3.05, 3.63) is 17.5 Å². The molecule has 25 heavy (non-hydrogen) atoms. The zero-order chi connectivity index (χ0) is 18.8. The lowest BCUT2D eigenvalue weighted by Gasteiger charge is -2.31. The van der Waals surface area contributed by atoms with Crippen molar-refractivity contribution in [2.24, 2.45) is 0 Å². The van der Waals surface area contributed by atoms with Crippen molar-refractivity contribution in [3.63, 3.8) is 0 Å². The molecule has 2 amide bonds. The highest BCUT2D eigenvalue weighted by Gasteiger charge is 2.27. The summed E-state index contributed by atoms with van der Waals surface area (Å²) in [5.74, 6) is 0.137. The average Bonchev–Trinajstić information content (AvgIpc) is 3.01. The van der Waals surface area contributed by atoms with E-state index in [1.807, 2.05) is 10.7 Å². The van der Waals surface area contributed by atoms with Gasteiger partial charge in [0.05, 0.1) is 12.6 Å². The van der Waals surface area contributed by atoms with Crippen LogP contribution >= 0.6 is 0 Å². The van der Waals surface area contributed by atoms with Crippen molar-refractivity contribution in [2.45, 2.75) is 65.0 Å². The van der Waals surface area contributed by atoms with Crippen LogP contribution in [0.4, 0.5) is 4.79 Å². The first-order valence-electron chi connectivity index (χ1n) is 8.87. The second-order valence-electron chi connectivity index (χ2n) is 7.90. The van der Waals surface area contributed by atoms with Gasteiger partial charge in [-0.05, 0) is 45.6 Å². The van der Waals surface area contributed by atoms with Crippen molar-refractivity contribution in [2.75, 3.05) is 20.2 Å². The maximum absolute atomic E-state index is 12.6. The molecule has 1 aliphatic heterocycles. The second kappa shape index (κ2) is 7.45. The molecule has 0 aromatic carbocycles. The van der Waals surface area contributed by atoms with Crippen LogP contribution < -0.4 is 5.32 Å². The molecule has 0 spiro atoms. The molecule has 0 bridgehead atoms. The number of hydrogen-bond acceptors (Lipinski definition) is 4. The third-order valence-electron chi connectivity index (χ3n) is 4.46. The summed E-state index contributed by atoms with van der Waals surface area (Å²) >= 11 is 0. The van der Waals surface area contributed by atoms with E-state index in [4.69, 9.17) is 4.74 Å². The predicted molar refractivity (Wildman–Crippen MR) is 95.8 cm³/mol. The molecule has 1 N–H and O–H groups in total. The minimum atomic E-state index is -0.310. The van der Waals surface area contributed by atoms with E-state index in [1.165, 1.54) is 7.11 Å². The Labute approximate surface area is 149 Å². The lowest BCUT2D eigenvalue weighted by atomic mass is 10.0. The summed E-state index contributed by atoms with van der Waals surface area (Å²) in [6.07, 6.45) is 1.13. The molecule has 7 nitrogen and oxygen atoms in total. The minimum absolute atomic E-state index is 0.0516. The quantitative estimate of drug-likeness (QED) is 0.909. The van der Waals surface area contributed by atoms with Gasteiger partial charge in [0, 0.05) is 24.8 Å². The SMILES string of the molecule is COC(=O)N1CCC(NC(=O)c2cc(C(C)C)n(C(C)(C)C)n2)CC1. The first-order chi connectivity index (χ1) is 11.6. The third kappa shape index (κ3) is 4.52. The Morgan fingerprint density at radius 1 is 1.28 bits per heavy atom. The van der Waals surface area contributed by atoms with Crippen LogP contribution in [0.5, 0.6) is 0 Å². The first kappa shape index (κ1) is 19.3. The van der Waals surface area contributed by atoms with E-state index < -0.39 is 0 Å². The summed E-state index contributed by atoms with van der Waals surface area (Å²) in [5, 5.41) is 7.59. The Kier molecular flexibility index (Phi) is 5.75. The number of hydrogen-bond donors (Lipinski definition) is 1. The van der Waals surface area contributed by atoms with Crippen molar-refractivity contribution < 1.29 is 14.3 Å². The van der Waals surface area contributed by atoms with Crippen molar-refractivity contribution >= 4 is 12.0 Å². The highest BCUT2D eigenvalue weighted by atomic mass is 16.5. The zero-order valence-corrected chi connectivity index (χ0v) is 16.1. The van der Waals surface area contributed by atoms with E-state index >= 15 is 0 Å². The predicted octanol–water partition coefficient (Wildman–Crippen LogP) is 2.72. The number of nitrogens with one attached hydrogen (secondary N) is 1. The molecule has 0 unspecified atom stereocenters. The Bertz CT molecular complexity index is 623. The number of carbonyl (C=O) groups is 2. The van der Waals surface area contributed by atoms with Crippen LogP contribution in [0.2, 0.25) is 0 Å². The van der Waals surface area contributed by atoms with Gasteiger partial charge in [0.15, 0.2) is 0 Å². The van der Waals surface area contributed by atoms with E-state index in [0.29, 0.717) is 18.8 Å². The lowest BCUT2D eigenvalue weighted by Crippen LogP contribution is -2.46. The Morgan fingerprint density at radius 2 is 1.88 bits per heavy atom. The number of piperidine rings is 1. The molecule has 140 valence electrons. The number of methoxy groups -OCH3 is 1. The summed E-state index contributed by atoms with van der Waals surface area (Å²) in [6.45, 7) is 11.6.